The van der Waals surface area contributed by atoms with Gasteiger partial charge < -0.3 is 15.5 Å². The first kappa shape index (κ1) is 22.5. The minimum Gasteiger partial charge on any atom is -0.348 e. The molecule has 0 saturated carbocycles. The highest BCUT2D eigenvalue weighted by molar-refractivity contribution is 6.22. The molecule has 35 heavy (non-hydrogen) atoms. The largest absolute Gasteiger partial charge is 0.348 e. The van der Waals surface area contributed by atoms with Gasteiger partial charge in [0.05, 0.1) is 11.1 Å². The van der Waals surface area contributed by atoms with E-state index in [0.29, 0.717) is 5.56 Å². The topological polar surface area (TPSA) is 108 Å². The first-order valence-corrected chi connectivity index (χ1v) is 11.4. The van der Waals surface area contributed by atoms with E-state index in [9.17, 15) is 19.2 Å². The van der Waals surface area contributed by atoms with Crippen LogP contribution in [0, 0.1) is 0 Å². The molecule has 3 aromatic rings. The average Bonchev–Trinajstić information content (AvgIpc) is 3.15. The summed E-state index contributed by atoms with van der Waals surface area (Å²) in [7, 11) is 2.08. The zero-order valence-corrected chi connectivity index (χ0v) is 19.2. The van der Waals surface area contributed by atoms with E-state index in [-0.39, 0.29) is 35.0 Å². The summed E-state index contributed by atoms with van der Waals surface area (Å²) in [6.07, 6.45) is 1.00. The van der Waals surface area contributed by atoms with E-state index in [2.05, 4.69) is 34.0 Å². The lowest BCUT2D eigenvalue weighted by molar-refractivity contribution is 0.0877. The Kier molecular flexibility index (Phi) is 5.88. The molecular weight excluding hydrogens is 444 g/mol. The van der Waals surface area contributed by atoms with Crippen LogP contribution in [0.1, 0.15) is 58.1 Å². The minimum absolute atomic E-state index is 0.190. The Labute approximate surface area is 202 Å². The fourth-order valence-corrected chi connectivity index (χ4v) is 4.40. The van der Waals surface area contributed by atoms with Gasteiger partial charge in [-0.15, -0.1) is 0 Å². The maximum atomic E-state index is 12.8. The molecule has 3 N–H and O–H groups in total. The lowest BCUT2D eigenvalue weighted by atomic mass is 9.99. The van der Waals surface area contributed by atoms with E-state index in [0.717, 1.165) is 30.8 Å². The van der Waals surface area contributed by atoms with Crippen LogP contribution in [0.5, 0.6) is 0 Å². The van der Waals surface area contributed by atoms with Crippen LogP contribution in [0.2, 0.25) is 0 Å². The van der Waals surface area contributed by atoms with Crippen LogP contribution < -0.4 is 16.0 Å². The standard InChI is InChI=1S/C27H24N4O4/c1-31-10-9-17-5-7-21(12-20(17)15-31)29-25(33)18-4-2-3-16(11-18)14-28-24(32)19-6-8-22-23(13-19)27(35)30-26(22)34/h2-8,11-13H,9-10,14-15H2,1H3,(H,28,32)(H,29,33)(H,30,34,35). The van der Waals surface area contributed by atoms with Crippen LogP contribution in [0.4, 0.5) is 5.69 Å². The molecule has 8 heteroatoms. The predicted molar refractivity (Wildman–Crippen MR) is 130 cm³/mol. The van der Waals surface area contributed by atoms with Crippen molar-refractivity contribution < 1.29 is 19.2 Å². The summed E-state index contributed by atoms with van der Waals surface area (Å²) < 4.78 is 0. The van der Waals surface area contributed by atoms with Gasteiger partial charge in [0.25, 0.3) is 23.6 Å². The van der Waals surface area contributed by atoms with E-state index in [1.807, 2.05) is 18.2 Å². The summed E-state index contributed by atoms with van der Waals surface area (Å²) >= 11 is 0. The second-order valence-electron chi connectivity index (χ2n) is 8.85. The molecular formula is C27H24N4O4. The molecule has 0 unspecified atom stereocenters. The van der Waals surface area contributed by atoms with Crippen molar-refractivity contribution in [3.8, 4) is 0 Å². The van der Waals surface area contributed by atoms with E-state index < -0.39 is 11.8 Å². The quantitative estimate of drug-likeness (QED) is 0.499. The number of carbonyl (C=O) groups is 4. The number of hydrogen-bond donors (Lipinski definition) is 3. The Bertz CT molecular complexity index is 1380. The third-order valence-electron chi connectivity index (χ3n) is 6.31. The van der Waals surface area contributed by atoms with Crippen molar-refractivity contribution in [1.29, 1.82) is 0 Å². The molecule has 0 aromatic heterocycles. The molecule has 0 saturated heterocycles. The van der Waals surface area contributed by atoms with Crippen molar-refractivity contribution in [1.82, 2.24) is 15.5 Å². The Morgan fingerprint density at radius 2 is 1.69 bits per heavy atom. The van der Waals surface area contributed by atoms with E-state index in [4.69, 9.17) is 0 Å². The van der Waals surface area contributed by atoms with Gasteiger partial charge in [-0.1, -0.05) is 18.2 Å². The summed E-state index contributed by atoms with van der Waals surface area (Å²) in [5.41, 5.74) is 5.26. The number of hydrogen-bond acceptors (Lipinski definition) is 5. The second-order valence-corrected chi connectivity index (χ2v) is 8.85. The van der Waals surface area contributed by atoms with Crippen molar-refractivity contribution >= 4 is 29.3 Å². The zero-order valence-electron chi connectivity index (χ0n) is 19.2. The molecule has 0 aliphatic carbocycles. The maximum Gasteiger partial charge on any atom is 0.258 e. The average molecular weight is 469 g/mol. The van der Waals surface area contributed by atoms with Gasteiger partial charge in [-0.05, 0) is 72.6 Å². The fraction of sp³-hybridized carbons (Fsp3) is 0.185. The Morgan fingerprint density at radius 3 is 2.54 bits per heavy atom. The van der Waals surface area contributed by atoms with Crippen molar-refractivity contribution in [2.45, 2.75) is 19.5 Å². The normalized spacial score (nSPS) is 14.7. The zero-order chi connectivity index (χ0) is 24.5. The highest BCUT2D eigenvalue weighted by atomic mass is 16.2. The third-order valence-corrected chi connectivity index (χ3v) is 6.31. The Hall–Kier alpha value is -4.30. The maximum absolute atomic E-state index is 12.8. The SMILES string of the molecule is CN1CCc2ccc(NC(=O)c3cccc(CNC(=O)c4ccc5c(c4)C(=O)NC5=O)c3)cc2C1. The van der Waals surface area contributed by atoms with E-state index in [1.54, 1.807) is 18.2 Å². The molecule has 8 nitrogen and oxygen atoms in total. The number of nitrogens with zero attached hydrogens (tertiary/aromatic N) is 1. The van der Waals surface area contributed by atoms with Crippen LogP contribution in [-0.2, 0) is 19.5 Å². The van der Waals surface area contributed by atoms with Gasteiger partial charge in [0.15, 0.2) is 0 Å². The van der Waals surface area contributed by atoms with Crippen LogP contribution in [0.15, 0.2) is 60.7 Å². The number of likely N-dealkylation sites (N-methyl/N-ethyl adjacent to an activating group) is 1. The molecule has 2 heterocycles. The molecule has 3 aromatic carbocycles. The van der Waals surface area contributed by atoms with E-state index >= 15 is 0 Å². The van der Waals surface area contributed by atoms with Gasteiger partial charge in [0.2, 0.25) is 0 Å². The van der Waals surface area contributed by atoms with Crippen molar-refractivity contribution in [2.75, 3.05) is 18.9 Å². The molecule has 0 atom stereocenters. The molecule has 2 aliphatic rings. The van der Waals surface area contributed by atoms with E-state index in [1.165, 1.54) is 29.3 Å². The first-order valence-electron chi connectivity index (χ1n) is 11.4. The number of nitrogens with one attached hydrogen (secondary N) is 3. The molecule has 4 amide bonds. The number of benzene rings is 3. The third kappa shape index (κ3) is 4.69. The lowest BCUT2D eigenvalue weighted by Crippen LogP contribution is -2.26. The number of amides is 4. The number of anilines is 1. The van der Waals surface area contributed by atoms with Crippen LogP contribution in [0.3, 0.4) is 0 Å². The molecule has 2 aliphatic heterocycles. The van der Waals surface area contributed by atoms with Gasteiger partial charge in [0, 0.05) is 36.4 Å². The molecule has 0 fully saturated rings. The minimum atomic E-state index is -0.510. The molecule has 0 bridgehead atoms. The summed E-state index contributed by atoms with van der Waals surface area (Å²) in [4.78, 5) is 51.2. The van der Waals surface area contributed by atoms with Crippen molar-refractivity contribution in [3.05, 3.63) is 99.6 Å². The summed E-state index contributed by atoms with van der Waals surface area (Å²) in [5.74, 6) is -1.58. The van der Waals surface area contributed by atoms with Gasteiger partial charge in [-0.3, -0.25) is 24.5 Å². The summed E-state index contributed by atoms with van der Waals surface area (Å²) in [5, 5.41) is 7.96. The fourth-order valence-electron chi connectivity index (χ4n) is 4.40. The lowest BCUT2D eigenvalue weighted by Gasteiger charge is -2.25. The van der Waals surface area contributed by atoms with Gasteiger partial charge in [-0.25, -0.2) is 0 Å². The van der Waals surface area contributed by atoms with Gasteiger partial charge in [-0.2, -0.15) is 0 Å². The highest BCUT2D eigenvalue weighted by Gasteiger charge is 2.27. The molecule has 0 radical (unpaired) electrons. The molecule has 176 valence electrons. The Balaban J connectivity index is 1.23. The first-order chi connectivity index (χ1) is 16.9. The number of imide groups is 1. The van der Waals surface area contributed by atoms with Crippen LogP contribution in [0.25, 0.3) is 0 Å². The van der Waals surface area contributed by atoms with Crippen LogP contribution >= 0.6 is 0 Å². The smallest absolute Gasteiger partial charge is 0.258 e. The number of carbonyl (C=O) groups excluding carboxylic acids is 4. The summed E-state index contributed by atoms with van der Waals surface area (Å²) in [6, 6.07) is 17.5. The second kappa shape index (κ2) is 9.15. The highest BCUT2D eigenvalue weighted by Crippen LogP contribution is 2.22. The number of fused-ring (bicyclic) bond motifs is 2. The Morgan fingerprint density at radius 1 is 0.886 bits per heavy atom. The number of rotatable bonds is 5. The molecule has 5 rings (SSSR count). The van der Waals surface area contributed by atoms with Crippen molar-refractivity contribution in [3.63, 3.8) is 0 Å². The summed E-state index contributed by atoms with van der Waals surface area (Å²) in [6.45, 7) is 2.09. The van der Waals surface area contributed by atoms with Gasteiger partial charge in [0.1, 0.15) is 0 Å². The van der Waals surface area contributed by atoms with Crippen molar-refractivity contribution in [2.24, 2.45) is 0 Å². The van der Waals surface area contributed by atoms with Crippen LogP contribution in [-0.4, -0.2) is 42.1 Å². The van der Waals surface area contributed by atoms with Gasteiger partial charge >= 0.3 is 0 Å². The monoisotopic (exact) mass is 468 g/mol. The predicted octanol–water partition coefficient (Wildman–Crippen LogP) is 2.74. The molecule has 0 spiro atoms.